The van der Waals surface area contributed by atoms with Crippen molar-refractivity contribution < 1.29 is 29.3 Å². The maximum atomic E-state index is 12.9. The van der Waals surface area contributed by atoms with E-state index in [0.29, 0.717) is 25.4 Å². The molecular weight excluding hydrogens is 506 g/mol. The van der Waals surface area contributed by atoms with Crippen molar-refractivity contribution in [2.24, 2.45) is 5.73 Å². The fourth-order valence-electron chi connectivity index (χ4n) is 3.81. The van der Waals surface area contributed by atoms with E-state index in [9.17, 15) is 19.8 Å². The molecule has 3 aromatic rings. The van der Waals surface area contributed by atoms with Gasteiger partial charge in [0, 0.05) is 24.8 Å². The fraction of sp³-hybridized carbons (Fsp3) is 0.346. The van der Waals surface area contributed by atoms with E-state index < -0.39 is 23.9 Å². The Morgan fingerprint density at radius 3 is 2.41 bits per heavy atom. The molecule has 13 heteroatoms. The Balaban J connectivity index is 1.58. The fourth-order valence-corrected chi connectivity index (χ4v) is 3.81. The second-order valence-corrected chi connectivity index (χ2v) is 8.83. The lowest BCUT2D eigenvalue weighted by Gasteiger charge is -2.16. The van der Waals surface area contributed by atoms with Crippen LogP contribution < -0.4 is 31.2 Å². The van der Waals surface area contributed by atoms with Crippen LogP contribution in [0.5, 0.6) is 17.5 Å². The van der Waals surface area contributed by atoms with Crippen LogP contribution in [-0.2, 0) is 11.3 Å². The van der Waals surface area contributed by atoms with Crippen molar-refractivity contribution in [2.45, 2.75) is 38.3 Å². The number of ether oxygens (including phenoxy) is 2. The number of anilines is 3. The van der Waals surface area contributed by atoms with Gasteiger partial charge in [0.25, 0.3) is 5.91 Å². The van der Waals surface area contributed by atoms with Crippen molar-refractivity contribution in [3.05, 3.63) is 53.6 Å². The molecule has 1 atom stereocenters. The number of aromatic hydroxyl groups is 1. The number of rotatable bonds is 4. The molecule has 0 fully saturated rings. The maximum Gasteiger partial charge on any atom is 0.327 e. The summed E-state index contributed by atoms with van der Waals surface area (Å²) in [5.41, 5.74) is 7.08. The first-order valence-corrected chi connectivity index (χ1v) is 12.6. The summed E-state index contributed by atoms with van der Waals surface area (Å²) in [5.74, 6) is -0.621. The highest BCUT2D eigenvalue weighted by molar-refractivity contribution is 5.99. The molecule has 2 aliphatic rings. The number of benzene rings is 2. The van der Waals surface area contributed by atoms with Gasteiger partial charge in [-0.15, -0.1) is 0 Å². The van der Waals surface area contributed by atoms with Crippen molar-refractivity contribution >= 4 is 29.5 Å². The monoisotopic (exact) mass is 537 g/mol. The summed E-state index contributed by atoms with van der Waals surface area (Å²) in [6.07, 6.45) is 3.47. The average Bonchev–Trinajstić information content (AvgIpc) is 2.91. The maximum absolute atomic E-state index is 12.9. The first-order valence-electron chi connectivity index (χ1n) is 12.6. The number of carboxylic acid groups (broad SMARTS) is 1. The summed E-state index contributed by atoms with van der Waals surface area (Å²) in [6.45, 7) is 1.08. The number of carbonyl (C=O) groups excluding carboxylic acids is 1. The molecule has 13 nitrogen and oxygen atoms in total. The predicted molar refractivity (Wildman–Crippen MR) is 142 cm³/mol. The molecule has 2 aliphatic heterocycles. The molecule has 206 valence electrons. The smallest absolute Gasteiger partial charge is 0.327 e. The first kappa shape index (κ1) is 27.4. The highest BCUT2D eigenvalue weighted by atomic mass is 16.5. The molecule has 3 heterocycles. The molecule has 39 heavy (non-hydrogen) atoms. The number of aliphatic carboxylic acids is 1. The van der Waals surface area contributed by atoms with Crippen LogP contribution in [-0.4, -0.2) is 62.8 Å². The minimum Gasteiger partial charge on any atom is -0.494 e. The van der Waals surface area contributed by atoms with Gasteiger partial charge < -0.3 is 41.4 Å². The molecule has 1 amide bonds. The summed E-state index contributed by atoms with van der Waals surface area (Å²) in [4.78, 5) is 36.4. The molecule has 5 rings (SSSR count). The van der Waals surface area contributed by atoms with E-state index in [4.69, 9.17) is 15.2 Å². The van der Waals surface area contributed by atoms with Crippen LogP contribution in [0.1, 0.15) is 41.6 Å². The number of fused-ring (bicyclic) bond motifs is 10. The number of nitrogens with zero attached hydrogens (tertiary/aromatic N) is 3. The third kappa shape index (κ3) is 7.92. The Morgan fingerprint density at radius 1 is 0.974 bits per heavy atom. The normalized spacial score (nSPS) is 14.8. The van der Waals surface area contributed by atoms with E-state index in [1.807, 2.05) is 24.3 Å². The third-order valence-electron chi connectivity index (χ3n) is 5.88. The molecule has 0 saturated heterocycles. The first-order chi connectivity index (χ1) is 18.9. The van der Waals surface area contributed by atoms with Crippen LogP contribution in [0.4, 0.5) is 17.6 Å². The van der Waals surface area contributed by atoms with Crippen LogP contribution in [0.25, 0.3) is 0 Å². The standard InChI is InChI=1S/C26H31N7O6/c27-14-20(23(35)36)30-22(34)19-10-7-17-13-21(19)39-12-4-2-1-3-11-38-18-8-5-16(6-9-18)15-28-24-31-25(29-17)33-26(37)32-24/h5-10,13,20H,1-4,11-12,14-15,27H2,(H,30,34)(H,35,36)(H3,28,29,31,32,33,37)/t20-/m0/s1. The van der Waals surface area contributed by atoms with E-state index in [2.05, 4.69) is 30.9 Å². The van der Waals surface area contributed by atoms with Crippen LogP contribution in [0.15, 0.2) is 42.5 Å². The van der Waals surface area contributed by atoms with Gasteiger partial charge in [-0.25, -0.2) is 4.79 Å². The summed E-state index contributed by atoms with van der Waals surface area (Å²) >= 11 is 0. The average molecular weight is 538 g/mol. The van der Waals surface area contributed by atoms with Gasteiger partial charge in [0.2, 0.25) is 11.9 Å². The number of hydrogen-bond donors (Lipinski definition) is 6. The summed E-state index contributed by atoms with van der Waals surface area (Å²) in [6, 6.07) is 10.6. The second-order valence-electron chi connectivity index (χ2n) is 8.83. The van der Waals surface area contributed by atoms with Crippen molar-refractivity contribution in [1.29, 1.82) is 0 Å². The SMILES string of the molecule is NC[C@H](NC(=O)c1ccc2cc1OCCCCCCOc1ccc(cc1)CNc1nc(O)nc(n1)N2)C(=O)O. The number of nitrogens with one attached hydrogen (secondary N) is 3. The number of amides is 1. The molecule has 6 bridgehead atoms. The Kier molecular flexibility index (Phi) is 9.29. The Morgan fingerprint density at radius 2 is 1.69 bits per heavy atom. The molecular formula is C26H31N7O6. The zero-order chi connectivity index (χ0) is 27.6. The predicted octanol–water partition coefficient (Wildman–Crippen LogP) is 2.41. The van der Waals surface area contributed by atoms with Gasteiger partial charge >= 0.3 is 12.0 Å². The highest BCUT2D eigenvalue weighted by Crippen LogP contribution is 2.26. The molecule has 0 radical (unpaired) electrons. The lowest BCUT2D eigenvalue weighted by molar-refractivity contribution is -0.138. The highest BCUT2D eigenvalue weighted by Gasteiger charge is 2.22. The van der Waals surface area contributed by atoms with Crippen LogP contribution in [0.2, 0.25) is 0 Å². The molecule has 0 saturated carbocycles. The van der Waals surface area contributed by atoms with Gasteiger partial charge in [0.1, 0.15) is 17.5 Å². The minimum atomic E-state index is -1.24. The lowest BCUT2D eigenvalue weighted by Crippen LogP contribution is -2.45. The summed E-state index contributed by atoms with van der Waals surface area (Å²) < 4.78 is 11.8. The van der Waals surface area contributed by atoms with Crippen molar-refractivity contribution in [2.75, 3.05) is 30.4 Å². The number of carbonyl (C=O) groups is 2. The van der Waals surface area contributed by atoms with Crippen molar-refractivity contribution in [1.82, 2.24) is 20.3 Å². The van der Waals surface area contributed by atoms with E-state index in [-0.39, 0.29) is 29.8 Å². The molecule has 2 aromatic carbocycles. The number of hydrogen-bond acceptors (Lipinski definition) is 11. The number of carboxylic acids is 1. The van der Waals surface area contributed by atoms with Crippen LogP contribution in [0, 0.1) is 0 Å². The van der Waals surface area contributed by atoms with Gasteiger partial charge in [-0.1, -0.05) is 12.1 Å². The number of aromatic nitrogens is 3. The van der Waals surface area contributed by atoms with E-state index in [1.165, 1.54) is 6.07 Å². The lowest BCUT2D eigenvalue weighted by atomic mass is 10.1. The van der Waals surface area contributed by atoms with Crippen molar-refractivity contribution in [3.8, 4) is 17.5 Å². The zero-order valence-corrected chi connectivity index (χ0v) is 21.2. The largest absolute Gasteiger partial charge is 0.494 e. The minimum absolute atomic E-state index is 0.0665. The van der Waals surface area contributed by atoms with Crippen molar-refractivity contribution in [3.63, 3.8) is 0 Å². The zero-order valence-electron chi connectivity index (χ0n) is 21.2. The summed E-state index contributed by atoms with van der Waals surface area (Å²) in [5, 5.41) is 27.8. The van der Waals surface area contributed by atoms with Gasteiger partial charge in [-0.3, -0.25) is 4.79 Å². The molecule has 1 aromatic heterocycles. The van der Waals surface area contributed by atoms with Crippen LogP contribution in [0.3, 0.4) is 0 Å². The summed E-state index contributed by atoms with van der Waals surface area (Å²) in [7, 11) is 0. The van der Waals surface area contributed by atoms with E-state index >= 15 is 0 Å². The topological polar surface area (TPSA) is 194 Å². The van der Waals surface area contributed by atoms with Crippen LogP contribution >= 0.6 is 0 Å². The Hall–Kier alpha value is -4.65. The van der Waals surface area contributed by atoms with E-state index in [1.54, 1.807) is 12.1 Å². The van der Waals surface area contributed by atoms with Gasteiger partial charge in [-0.05, 0) is 55.5 Å². The van der Waals surface area contributed by atoms with Gasteiger partial charge in [-0.2, -0.15) is 15.0 Å². The van der Waals surface area contributed by atoms with E-state index in [0.717, 1.165) is 37.0 Å². The van der Waals surface area contributed by atoms with Gasteiger partial charge in [0.15, 0.2) is 0 Å². The molecule has 7 N–H and O–H groups in total. The Labute approximate surface area is 224 Å². The molecule has 0 spiro atoms. The quantitative estimate of drug-likeness (QED) is 0.285. The van der Waals surface area contributed by atoms with Gasteiger partial charge in [0.05, 0.1) is 18.8 Å². The number of nitrogens with two attached hydrogens (primary N) is 1. The second kappa shape index (κ2) is 13.2. The third-order valence-corrected chi connectivity index (χ3v) is 5.88. The Bertz CT molecular complexity index is 1290. The molecule has 0 unspecified atom stereocenters. The molecule has 0 aliphatic carbocycles.